The van der Waals surface area contributed by atoms with Crippen LogP contribution in [0.1, 0.15) is 24.9 Å². The summed E-state index contributed by atoms with van der Waals surface area (Å²) in [5.74, 6) is -4.11. The van der Waals surface area contributed by atoms with Gasteiger partial charge < -0.3 is 5.32 Å². The largest absolute Gasteiger partial charge is 0.326 e. The van der Waals surface area contributed by atoms with Gasteiger partial charge in [-0.15, -0.1) is 11.3 Å². The van der Waals surface area contributed by atoms with Crippen molar-refractivity contribution < 1.29 is 17.6 Å². The summed E-state index contributed by atoms with van der Waals surface area (Å²) < 4.78 is 53.2. The van der Waals surface area contributed by atoms with Gasteiger partial charge in [0, 0.05) is 5.56 Å². The summed E-state index contributed by atoms with van der Waals surface area (Å²) in [6.45, 7) is 2.02. The average Bonchev–Trinajstić information content (AvgIpc) is 2.58. The molecule has 0 radical (unpaired) electrons. The maximum Gasteiger partial charge on any atom is 0.326 e. The summed E-state index contributed by atoms with van der Waals surface area (Å²) in [5.41, 5.74) is 0.144. The van der Waals surface area contributed by atoms with Gasteiger partial charge in [-0.25, -0.2) is 8.78 Å². The van der Waals surface area contributed by atoms with Gasteiger partial charge in [0.1, 0.15) is 6.04 Å². The van der Waals surface area contributed by atoms with Crippen molar-refractivity contribution >= 4 is 43.2 Å². The van der Waals surface area contributed by atoms with Gasteiger partial charge in [-0.2, -0.15) is 8.78 Å². The Hall–Kier alpha value is 0.340. The van der Waals surface area contributed by atoms with Gasteiger partial charge in [-0.1, -0.05) is 6.92 Å². The van der Waals surface area contributed by atoms with Crippen LogP contribution in [0.25, 0.3) is 0 Å². The molecule has 0 saturated carbocycles. The standard InChI is InChI=1S/C10H11Br2F4NS/c1-2-3-17-7(10(15,16)9(13)14)5-4-6(11)18-8(5)12/h4,7,9,17H,2-3H2,1H3. The SMILES string of the molecule is CCCNC(c1cc(Br)sc1Br)C(F)(F)C(F)F. The maximum absolute atomic E-state index is 13.6. The second-order valence-electron chi connectivity index (χ2n) is 3.64. The molecule has 1 N–H and O–H groups in total. The van der Waals surface area contributed by atoms with Crippen molar-refractivity contribution in [3.05, 3.63) is 19.2 Å². The topological polar surface area (TPSA) is 12.0 Å². The van der Waals surface area contributed by atoms with Crippen LogP contribution in [0.4, 0.5) is 17.6 Å². The van der Waals surface area contributed by atoms with E-state index < -0.39 is 18.4 Å². The first kappa shape index (κ1) is 16.4. The van der Waals surface area contributed by atoms with Crippen molar-refractivity contribution in [2.75, 3.05) is 6.54 Å². The molecule has 8 heteroatoms. The Balaban J connectivity index is 3.09. The predicted octanol–water partition coefficient (Wildman–Crippen LogP) is 5.21. The van der Waals surface area contributed by atoms with Gasteiger partial charge in [0.15, 0.2) is 0 Å². The molecule has 0 aliphatic carbocycles. The highest BCUT2D eigenvalue weighted by atomic mass is 79.9. The van der Waals surface area contributed by atoms with Gasteiger partial charge in [0.2, 0.25) is 0 Å². The van der Waals surface area contributed by atoms with Crippen LogP contribution in [0, 0.1) is 0 Å². The molecule has 104 valence electrons. The Bertz CT molecular complexity index is 397. The van der Waals surface area contributed by atoms with Crippen LogP contribution < -0.4 is 5.32 Å². The fraction of sp³-hybridized carbons (Fsp3) is 0.600. The zero-order chi connectivity index (χ0) is 13.9. The third kappa shape index (κ3) is 3.68. The summed E-state index contributed by atoms with van der Waals surface area (Å²) in [7, 11) is 0. The third-order valence-corrected chi connectivity index (χ3v) is 4.65. The van der Waals surface area contributed by atoms with E-state index in [0.29, 0.717) is 14.0 Å². The van der Waals surface area contributed by atoms with E-state index in [0.717, 1.165) is 0 Å². The number of hydrogen-bond acceptors (Lipinski definition) is 2. The molecule has 0 saturated heterocycles. The van der Waals surface area contributed by atoms with E-state index in [4.69, 9.17) is 0 Å². The summed E-state index contributed by atoms with van der Waals surface area (Å²) in [6.07, 6.45) is -3.13. The summed E-state index contributed by atoms with van der Waals surface area (Å²) in [6, 6.07) is -0.271. The summed E-state index contributed by atoms with van der Waals surface area (Å²) >= 11 is 7.45. The van der Waals surface area contributed by atoms with Crippen LogP contribution >= 0.6 is 43.2 Å². The Morgan fingerprint density at radius 3 is 2.39 bits per heavy atom. The molecule has 1 rings (SSSR count). The lowest BCUT2D eigenvalue weighted by Gasteiger charge is -2.27. The Kier molecular flexibility index (Phi) is 6.08. The molecule has 1 heterocycles. The van der Waals surface area contributed by atoms with Crippen molar-refractivity contribution in [1.29, 1.82) is 0 Å². The molecular formula is C10H11Br2F4NS. The first-order valence-corrected chi connectivity index (χ1v) is 7.55. The Morgan fingerprint density at radius 1 is 1.39 bits per heavy atom. The van der Waals surface area contributed by atoms with Gasteiger partial charge in [0.05, 0.1) is 7.57 Å². The molecule has 0 fully saturated rings. The third-order valence-electron chi connectivity index (χ3n) is 2.27. The van der Waals surface area contributed by atoms with E-state index in [-0.39, 0.29) is 12.1 Å². The van der Waals surface area contributed by atoms with Crippen molar-refractivity contribution in [2.45, 2.75) is 31.7 Å². The molecule has 1 atom stereocenters. The number of nitrogens with one attached hydrogen (secondary N) is 1. The van der Waals surface area contributed by atoms with E-state index in [1.54, 1.807) is 6.92 Å². The number of alkyl halides is 4. The minimum atomic E-state index is -4.11. The molecule has 1 aromatic heterocycles. The summed E-state index contributed by atoms with van der Waals surface area (Å²) in [5, 5.41) is 2.49. The lowest BCUT2D eigenvalue weighted by Crippen LogP contribution is -2.42. The molecule has 0 aromatic carbocycles. The van der Waals surface area contributed by atoms with E-state index in [1.807, 2.05) is 0 Å². The molecule has 1 unspecified atom stereocenters. The van der Waals surface area contributed by atoms with E-state index >= 15 is 0 Å². The number of rotatable bonds is 6. The fourth-order valence-electron chi connectivity index (χ4n) is 1.42. The zero-order valence-corrected chi connectivity index (χ0v) is 13.3. The van der Waals surface area contributed by atoms with E-state index in [2.05, 4.69) is 37.2 Å². The first-order chi connectivity index (χ1) is 8.30. The molecule has 1 aromatic rings. The lowest BCUT2D eigenvalue weighted by atomic mass is 10.0. The van der Waals surface area contributed by atoms with E-state index in [9.17, 15) is 17.6 Å². The molecule has 1 nitrogen and oxygen atoms in total. The van der Waals surface area contributed by atoms with Crippen LogP contribution in [0.15, 0.2) is 13.6 Å². The second kappa shape index (κ2) is 6.67. The average molecular weight is 413 g/mol. The minimum absolute atomic E-state index is 0.144. The number of hydrogen-bond donors (Lipinski definition) is 1. The van der Waals surface area contributed by atoms with Gasteiger partial charge in [-0.3, -0.25) is 0 Å². The van der Waals surface area contributed by atoms with Gasteiger partial charge in [-0.05, 0) is 50.9 Å². The smallest absolute Gasteiger partial charge is 0.305 e. The molecule has 0 aliphatic rings. The number of thiophene rings is 1. The zero-order valence-electron chi connectivity index (χ0n) is 9.32. The normalized spacial score (nSPS) is 14.2. The molecule has 18 heavy (non-hydrogen) atoms. The quantitative estimate of drug-likeness (QED) is 0.632. The highest BCUT2D eigenvalue weighted by Gasteiger charge is 2.50. The van der Waals surface area contributed by atoms with Crippen LogP contribution in [0.5, 0.6) is 0 Å². The van der Waals surface area contributed by atoms with Crippen molar-refractivity contribution in [2.24, 2.45) is 0 Å². The van der Waals surface area contributed by atoms with Gasteiger partial charge in [0.25, 0.3) is 0 Å². The lowest BCUT2D eigenvalue weighted by molar-refractivity contribution is -0.151. The number of halogens is 6. The molecule has 0 aliphatic heterocycles. The van der Waals surface area contributed by atoms with Crippen LogP contribution in [-0.2, 0) is 0 Å². The van der Waals surface area contributed by atoms with Gasteiger partial charge >= 0.3 is 12.3 Å². The predicted molar refractivity (Wildman–Crippen MR) is 71.7 cm³/mol. The van der Waals surface area contributed by atoms with Crippen molar-refractivity contribution in [3.63, 3.8) is 0 Å². The van der Waals surface area contributed by atoms with Crippen LogP contribution in [0.2, 0.25) is 0 Å². The monoisotopic (exact) mass is 411 g/mol. The molecular weight excluding hydrogens is 402 g/mol. The maximum atomic E-state index is 13.6. The minimum Gasteiger partial charge on any atom is -0.305 e. The van der Waals surface area contributed by atoms with Crippen LogP contribution in [0.3, 0.4) is 0 Å². The highest BCUT2D eigenvalue weighted by Crippen LogP contribution is 2.43. The summed E-state index contributed by atoms with van der Waals surface area (Å²) in [4.78, 5) is 0. The van der Waals surface area contributed by atoms with Crippen LogP contribution in [-0.4, -0.2) is 18.9 Å². The molecule has 0 bridgehead atoms. The van der Waals surface area contributed by atoms with E-state index in [1.165, 1.54) is 17.4 Å². The van der Waals surface area contributed by atoms with Crippen molar-refractivity contribution in [1.82, 2.24) is 5.32 Å². The van der Waals surface area contributed by atoms with Crippen molar-refractivity contribution in [3.8, 4) is 0 Å². The molecule has 0 spiro atoms. The highest BCUT2D eigenvalue weighted by molar-refractivity contribution is 9.12. The molecule has 0 amide bonds. The fourth-order valence-corrected chi connectivity index (χ4v) is 4.32. The Morgan fingerprint density at radius 2 is 2.00 bits per heavy atom. The second-order valence-corrected chi connectivity index (χ2v) is 7.39. The first-order valence-electron chi connectivity index (χ1n) is 5.14. The Labute approximate surface area is 123 Å².